The lowest BCUT2D eigenvalue weighted by atomic mass is 10.2. The summed E-state index contributed by atoms with van der Waals surface area (Å²) in [6.07, 6.45) is 1.26. The molecule has 1 aromatic heterocycles. The molecule has 2 heterocycles. The molecule has 8 heteroatoms. The van der Waals surface area contributed by atoms with Crippen LogP contribution in [0.4, 0.5) is 0 Å². The zero-order valence-electron chi connectivity index (χ0n) is 8.80. The summed E-state index contributed by atoms with van der Waals surface area (Å²) in [5.74, 6) is -0.417. The number of aromatic amines is 2. The van der Waals surface area contributed by atoms with E-state index >= 15 is 0 Å². The molecule has 7 nitrogen and oxygen atoms in total. The fourth-order valence-corrected chi connectivity index (χ4v) is 2.69. The maximum absolute atomic E-state index is 12.0. The van der Waals surface area contributed by atoms with Crippen molar-refractivity contribution in [1.29, 1.82) is 0 Å². The summed E-state index contributed by atoms with van der Waals surface area (Å²) in [5.41, 5.74) is -0.389. The van der Waals surface area contributed by atoms with Gasteiger partial charge in [0.1, 0.15) is 11.7 Å². The van der Waals surface area contributed by atoms with E-state index in [1.54, 1.807) is 0 Å². The molecule has 1 atom stereocenters. The third-order valence-corrected chi connectivity index (χ3v) is 3.52. The van der Waals surface area contributed by atoms with E-state index in [4.69, 9.17) is 5.11 Å². The Morgan fingerprint density at radius 1 is 1.53 bits per heavy atom. The van der Waals surface area contributed by atoms with Crippen molar-refractivity contribution in [2.24, 2.45) is 0 Å². The summed E-state index contributed by atoms with van der Waals surface area (Å²) < 4.78 is 0. The van der Waals surface area contributed by atoms with Crippen LogP contribution in [-0.4, -0.2) is 55.9 Å². The first-order chi connectivity index (χ1) is 8.09. The van der Waals surface area contributed by atoms with E-state index in [2.05, 4.69) is 9.97 Å². The first kappa shape index (κ1) is 11.8. The van der Waals surface area contributed by atoms with Gasteiger partial charge in [0, 0.05) is 24.2 Å². The number of hydrogen-bond donors (Lipinski definition) is 3. The normalized spacial score (nSPS) is 20.2. The largest absolute Gasteiger partial charge is 0.480 e. The molecular formula is C9H11N3O4S. The smallest absolute Gasteiger partial charge is 0.327 e. The Hall–Kier alpha value is -1.70. The van der Waals surface area contributed by atoms with E-state index in [9.17, 15) is 14.4 Å². The van der Waals surface area contributed by atoms with Gasteiger partial charge in [-0.1, -0.05) is 0 Å². The molecule has 92 valence electrons. The summed E-state index contributed by atoms with van der Waals surface area (Å²) in [4.78, 5) is 39.8. The summed E-state index contributed by atoms with van der Waals surface area (Å²) >= 11 is 1.50. The van der Waals surface area contributed by atoms with E-state index in [0.717, 1.165) is 0 Å². The van der Waals surface area contributed by atoms with Crippen molar-refractivity contribution in [2.75, 3.05) is 18.1 Å². The molecule has 1 fully saturated rings. The molecule has 0 spiro atoms. The molecule has 1 aromatic rings. The van der Waals surface area contributed by atoms with Crippen molar-refractivity contribution in [3.63, 3.8) is 0 Å². The molecule has 1 saturated heterocycles. The molecule has 17 heavy (non-hydrogen) atoms. The molecule has 2 rings (SSSR count). The number of carbonyl (C=O) groups is 2. The summed E-state index contributed by atoms with van der Waals surface area (Å²) in [6.45, 7) is 0.369. The standard InChI is InChI=1S/C9H11N3O4S/c13-7(5-3-10-9(16)11-5)12-1-2-17-4-6(12)8(14)15/h3,6H,1-2,4H2,(H,14,15)(H2,10,11,16). The molecule has 1 aliphatic rings. The summed E-state index contributed by atoms with van der Waals surface area (Å²) in [7, 11) is 0. The third kappa shape index (κ3) is 2.36. The van der Waals surface area contributed by atoms with Crippen LogP contribution in [0, 0.1) is 0 Å². The Balaban J connectivity index is 2.22. The Labute approximate surface area is 100 Å². The van der Waals surface area contributed by atoms with Gasteiger partial charge in [0.2, 0.25) is 0 Å². The Morgan fingerprint density at radius 2 is 2.29 bits per heavy atom. The number of carboxylic acids is 1. The van der Waals surface area contributed by atoms with E-state index in [-0.39, 0.29) is 5.69 Å². The summed E-state index contributed by atoms with van der Waals surface area (Å²) in [6, 6.07) is -0.834. The number of carbonyl (C=O) groups excluding carboxylic acids is 1. The lowest BCUT2D eigenvalue weighted by Gasteiger charge is -2.32. The van der Waals surface area contributed by atoms with Crippen molar-refractivity contribution >= 4 is 23.6 Å². The van der Waals surface area contributed by atoms with E-state index in [0.29, 0.717) is 18.1 Å². The topological polar surface area (TPSA) is 106 Å². The van der Waals surface area contributed by atoms with Gasteiger partial charge in [0.15, 0.2) is 0 Å². The zero-order chi connectivity index (χ0) is 12.4. The minimum Gasteiger partial charge on any atom is -0.480 e. The minimum atomic E-state index is -1.02. The fourth-order valence-electron chi connectivity index (χ4n) is 1.65. The zero-order valence-corrected chi connectivity index (χ0v) is 9.62. The van der Waals surface area contributed by atoms with Crippen LogP contribution in [0.1, 0.15) is 10.5 Å². The van der Waals surface area contributed by atoms with Gasteiger partial charge in [-0.15, -0.1) is 0 Å². The predicted molar refractivity (Wildman–Crippen MR) is 61.2 cm³/mol. The first-order valence-corrected chi connectivity index (χ1v) is 6.14. The van der Waals surface area contributed by atoms with Gasteiger partial charge in [-0.05, 0) is 0 Å². The van der Waals surface area contributed by atoms with Crippen molar-refractivity contribution in [3.05, 3.63) is 22.4 Å². The number of hydrogen-bond acceptors (Lipinski definition) is 4. The SMILES string of the molecule is O=C(O)C1CSCCN1C(=O)c1c[nH]c(=O)[nH]1. The average Bonchev–Trinajstić information content (AvgIpc) is 2.75. The van der Waals surface area contributed by atoms with Crippen molar-refractivity contribution in [2.45, 2.75) is 6.04 Å². The van der Waals surface area contributed by atoms with Crippen LogP contribution in [0.5, 0.6) is 0 Å². The first-order valence-electron chi connectivity index (χ1n) is 4.99. The second-order valence-electron chi connectivity index (χ2n) is 3.58. The van der Waals surface area contributed by atoms with Crippen LogP contribution in [0.2, 0.25) is 0 Å². The van der Waals surface area contributed by atoms with E-state index in [1.807, 2.05) is 0 Å². The van der Waals surface area contributed by atoms with Gasteiger partial charge in [-0.25, -0.2) is 9.59 Å². The molecule has 0 aliphatic carbocycles. The maximum Gasteiger partial charge on any atom is 0.327 e. The van der Waals surface area contributed by atoms with Gasteiger partial charge >= 0.3 is 11.7 Å². The number of nitrogens with zero attached hydrogens (tertiary/aromatic N) is 1. The molecular weight excluding hydrogens is 246 g/mol. The van der Waals surface area contributed by atoms with Gasteiger partial charge < -0.3 is 20.0 Å². The van der Waals surface area contributed by atoms with E-state index in [1.165, 1.54) is 22.9 Å². The van der Waals surface area contributed by atoms with Gasteiger partial charge in [-0.2, -0.15) is 11.8 Å². The monoisotopic (exact) mass is 257 g/mol. The lowest BCUT2D eigenvalue weighted by Crippen LogP contribution is -2.50. The highest BCUT2D eigenvalue weighted by molar-refractivity contribution is 7.99. The average molecular weight is 257 g/mol. The molecule has 1 aliphatic heterocycles. The fraction of sp³-hybridized carbons (Fsp3) is 0.444. The van der Waals surface area contributed by atoms with Gasteiger partial charge in [0.05, 0.1) is 0 Å². The molecule has 1 unspecified atom stereocenters. The van der Waals surface area contributed by atoms with Gasteiger partial charge in [-0.3, -0.25) is 4.79 Å². The van der Waals surface area contributed by atoms with Gasteiger partial charge in [0.25, 0.3) is 5.91 Å². The van der Waals surface area contributed by atoms with E-state index < -0.39 is 23.6 Å². The quantitative estimate of drug-likeness (QED) is 0.652. The molecule has 1 amide bonds. The number of aromatic nitrogens is 2. The number of thioether (sulfide) groups is 1. The molecule has 0 saturated carbocycles. The van der Waals surface area contributed by atoms with Crippen LogP contribution in [-0.2, 0) is 4.79 Å². The predicted octanol–water partition coefficient (Wildman–Crippen LogP) is -0.655. The number of imidazole rings is 1. The Bertz CT molecular complexity index is 494. The molecule has 0 aromatic carbocycles. The second-order valence-corrected chi connectivity index (χ2v) is 4.73. The van der Waals surface area contributed by atoms with Crippen molar-refractivity contribution in [1.82, 2.24) is 14.9 Å². The van der Waals surface area contributed by atoms with Crippen molar-refractivity contribution < 1.29 is 14.7 Å². The highest BCUT2D eigenvalue weighted by Gasteiger charge is 2.33. The molecule has 0 radical (unpaired) electrons. The lowest BCUT2D eigenvalue weighted by molar-refractivity contribution is -0.141. The van der Waals surface area contributed by atoms with Crippen LogP contribution in [0.3, 0.4) is 0 Å². The third-order valence-electron chi connectivity index (χ3n) is 2.50. The highest BCUT2D eigenvalue weighted by atomic mass is 32.2. The molecule has 3 N–H and O–H groups in total. The minimum absolute atomic E-state index is 0.0909. The van der Waals surface area contributed by atoms with Crippen molar-refractivity contribution in [3.8, 4) is 0 Å². The van der Waals surface area contributed by atoms with Crippen LogP contribution < -0.4 is 5.69 Å². The number of H-pyrrole nitrogens is 2. The Morgan fingerprint density at radius 3 is 2.88 bits per heavy atom. The van der Waals surface area contributed by atoms with Crippen LogP contribution in [0.25, 0.3) is 0 Å². The Kier molecular flexibility index (Phi) is 3.23. The highest BCUT2D eigenvalue weighted by Crippen LogP contribution is 2.18. The number of aliphatic carboxylic acids is 1. The summed E-state index contributed by atoms with van der Waals surface area (Å²) in [5, 5.41) is 9.02. The number of carboxylic acid groups (broad SMARTS) is 1. The number of amides is 1. The number of rotatable bonds is 2. The second kappa shape index (κ2) is 4.66. The van der Waals surface area contributed by atoms with Crippen LogP contribution >= 0.6 is 11.8 Å². The molecule has 0 bridgehead atoms. The maximum atomic E-state index is 12.0. The number of nitrogens with one attached hydrogen (secondary N) is 2. The van der Waals surface area contributed by atoms with Crippen LogP contribution in [0.15, 0.2) is 11.0 Å².